The van der Waals surface area contributed by atoms with Crippen molar-refractivity contribution in [1.82, 2.24) is 15.2 Å². The van der Waals surface area contributed by atoms with Crippen molar-refractivity contribution >= 4 is 38.2 Å². The minimum absolute atomic E-state index is 0.141. The third-order valence-electron chi connectivity index (χ3n) is 6.92. The van der Waals surface area contributed by atoms with Gasteiger partial charge < -0.3 is 10.4 Å². The largest absolute Gasteiger partial charge is 0.505 e. The number of aromatic amines is 1. The molecule has 2 aromatic heterocycles. The van der Waals surface area contributed by atoms with Gasteiger partial charge in [0.15, 0.2) is 17.3 Å². The number of aromatic nitrogens is 3. The molecule has 0 saturated heterocycles. The van der Waals surface area contributed by atoms with Crippen LogP contribution in [-0.2, 0) is 22.9 Å². The van der Waals surface area contributed by atoms with E-state index < -0.39 is 21.6 Å². The lowest BCUT2D eigenvalue weighted by Crippen LogP contribution is -2.13. The first kappa shape index (κ1) is 28.7. The number of H-pyrrole nitrogens is 1. The molecule has 11 heteroatoms. The standard InChI is InChI=1S/C31H30FN5O4S/c1-3-20-16-28(39)24(32)17-23(20)25-18-26-29(30(36-35-26)27(38)4-2)31(34-25)33-15-14-19-10-12-21(13-11-19)37-42(40,41)22-8-6-5-7-9-22/h5-13,16-18,37,39H,3-4,14-15H2,1-2H3,(H,33,34)(H,35,36). The van der Waals surface area contributed by atoms with Gasteiger partial charge in [-0.25, -0.2) is 17.8 Å². The second-order valence-corrected chi connectivity index (χ2v) is 11.4. The van der Waals surface area contributed by atoms with Crippen LogP contribution in [0.1, 0.15) is 41.9 Å². The number of carbonyl (C=O) groups is 1. The number of Topliss-reactive ketones (excluding diaryl/α,β-unsaturated/α-hetero) is 1. The van der Waals surface area contributed by atoms with Gasteiger partial charge in [0.25, 0.3) is 10.0 Å². The molecule has 9 nitrogen and oxygen atoms in total. The summed E-state index contributed by atoms with van der Waals surface area (Å²) in [4.78, 5) is 17.6. The molecule has 0 aliphatic rings. The molecule has 216 valence electrons. The zero-order valence-corrected chi connectivity index (χ0v) is 23.9. The molecule has 0 fully saturated rings. The fourth-order valence-corrected chi connectivity index (χ4v) is 5.77. The summed E-state index contributed by atoms with van der Waals surface area (Å²) in [6, 6.07) is 19.6. The molecule has 2 heterocycles. The number of carbonyl (C=O) groups excluding carboxylic acids is 1. The van der Waals surface area contributed by atoms with E-state index in [-0.39, 0.29) is 22.8 Å². The number of fused-ring (bicyclic) bond motifs is 1. The molecule has 0 spiro atoms. The van der Waals surface area contributed by atoms with Crippen LogP contribution < -0.4 is 10.0 Å². The number of aryl methyl sites for hydroxylation is 1. The summed E-state index contributed by atoms with van der Waals surface area (Å²) in [7, 11) is -3.69. The van der Waals surface area contributed by atoms with E-state index in [1.165, 1.54) is 24.3 Å². The quantitative estimate of drug-likeness (QED) is 0.137. The number of anilines is 2. The molecule has 0 unspecified atom stereocenters. The van der Waals surface area contributed by atoms with Gasteiger partial charge in [-0.05, 0) is 66.4 Å². The van der Waals surface area contributed by atoms with Gasteiger partial charge in [-0.15, -0.1) is 0 Å². The van der Waals surface area contributed by atoms with Gasteiger partial charge >= 0.3 is 0 Å². The summed E-state index contributed by atoms with van der Waals surface area (Å²) >= 11 is 0. The maximum absolute atomic E-state index is 14.4. The van der Waals surface area contributed by atoms with Crippen molar-refractivity contribution in [3.05, 3.63) is 95.4 Å². The Morgan fingerprint density at radius 1 is 1.02 bits per heavy atom. The SMILES string of the molecule is CCC(=O)c1n[nH]c2cc(-c3cc(F)c(O)cc3CC)nc(NCCc3ccc(NS(=O)(=O)c4ccccc4)cc3)c12. The number of aromatic hydroxyl groups is 1. The van der Waals surface area contributed by atoms with Gasteiger partial charge in [0.2, 0.25) is 0 Å². The van der Waals surface area contributed by atoms with E-state index in [0.717, 1.165) is 11.1 Å². The highest BCUT2D eigenvalue weighted by Gasteiger charge is 2.20. The van der Waals surface area contributed by atoms with Crippen LogP contribution in [0.3, 0.4) is 0 Å². The van der Waals surface area contributed by atoms with Gasteiger partial charge in [0.05, 0.1) is 21.5 Å². The van der Waals surface area contributed by atoms with Crippen LogP contribution >= 0.6 is 0 Å². The van der Waals surface area contributed by atoms with Gasteiger partial charge in [-0.3, -0.25) is 14.6 Å². The lowest BCUT2D eigenvalue weighted by molar-refractivity contribution is 0.0985. The zero-order chi connectivity index (χ0) is 29.9. The van der Waals surface area contributed by atoms with E-state index in [1.807, 2.05) is 19.1 Å². The Labute approximate surface area is 242 Å². The summed E-state index contributed by atoms with van der Waals surface area (Å²) in [5, 5.41) is 20.9. The number of rotatable bonds is 11. The van der Waals surface area contributed by atoms with Gasteiger partial charge in [0.1, 0.15) is 11.5 Å². The van der Waals surface area contributed by atoms with Gasteiger partial charge in [0, 0.05) is 24.2 Å². The summed E-state index contributed by atoms with van der Waals surface area (Å²) in [6.45, 7) is 4.10. The molecule has 5 aromatic rings. The Kier molecular flexibility index (Phi) is 8.21. The molecule has 4 N–H and O–H groups in total. The molecular formula is C31H30FN5O4S. The Hall–Kier alpha value is -4.77. The molecule has 0 aliphatic carbocycles. The number of nitrogens with one attached hydrogen (secondary N) is 3. The Morgan fingerprint density at radius 3 is 2.45 bits per heavy atom. The molecule has 42 heavy (non-hydrogen) atoms. The zero-order valence-electron chi connectivity index (χ0n) is 23.1. The number of pyridine rings is 1. The summed E-state index contributed by atoms with van der Waals surface area (Å²) in [5.74, 6) is -0.890. The third-order valence-corrected chi connectivity index (χ3v) is 8.32. The average Bonchev–Trinajstić information content (AvgIpc) is 3.43. The van der Waals surface area contributed by atoms with E-state index in [9.17, 15) is 22.7 Å². The summed E-state index contributed by atoms with van der Waals surface area (Å²) in [6.07, 6.45) is 1.39. The highest BCUT2D eigenvalue weighted by Crippen LogP contribution is 2.34. The first-order valence-corrected chi connectivity index (χ1v) is 15.0. The molecule has 0 bridgehead atoms. The highest BCUT2D eigenvalue weighted by molar-refractivity contribution is 7.92. The minimum Gasteiger partial charge on any atom is -0.505 e. The average molecular weight is 588 g/mol. The van der Waals surface area contributed by atoms with Crippen molar-refractivity contribution in [2.45, 2.75) is 38.0 Å². The molecule has 0 amide bonds. The molecule has 5 rings (SSSR count). The second kappa shape index (κ2) is 12.0. The summed E-state index contributed by atoms with van der Waals surface area (Å²) < 4.78 is 42.2. The van der Waals surface area contributed by atoms with E-state index in [1.54, 1.807) is 43.3 Å². The monoisotopic (exact) mass is 587 g/mol. The lowest BCUT2D eigenvalue weighted by atomic mass is 10.00. The molecule has 0 saturated carbocycles. The number of hydrogen-bond acceptors (Lipinski definition) is 7. The predicted octanol–water partition coefficient (Wildman–Crippen LogP) is 6.08. The van der Waals surface area contributed by atoms with Crippen LogP contribution in [0.15, 0.2) is 77.7 Å². The highest BCUT2D eigenvalue weighted by atomic mass is 32.2. The number of sulfonamides is 1. The first-order valence-electron chi connectivity index (χ1n) is 13.5. The number of nitrogens with zero attached hydrogens (tertiary/aromatic N) is 2. The normalized spacial score (nSPS) is 11.5. The smallest absolute Gasteiger partial charge is 0.261 e. The third kappa shape index (κ3) is 5.96. The molecular weight excluding hydrogens is 557 g/mol. The van der Waals surface area contributed by atoms with E-state index in [2.05, 4.69) is 20.2 Å². The number of halogens is 1. The molecule has 0 atom stereocenters. The van der Waals surface area contributed by atoms with Crippen LogP contribution in [-0.4, -0.2) is 41.0 Å². The Balaban J connectivity index is 1.39. The lowest BCUT2D eigenvalue weighted by Gasteiger charge is -2.13. The molecule has 0 radical (unpaired) electrons. The van der Waals surface area contributed by atoms with Crippen molar-refractivity contribution in [3.8, 4) is 17.0 Å². The number of benzene rings is 3. The van der Waals surface area contributed by atoms with E-state index in [0.29, 0.717) is 53.1 Å². The van der Waals surface area contributed by atoms with Crippen molar-refractivity contribution in [1.29, 1.82) is 0 Å². The maximum Gasteiger partial charge on any atom is 0.261 e. The topological polar surface area (TPSA) is 137 Å². The fraction of sp³-hybridized carbons (Fsp3) is 0.194. The van der Waals surface area contributed by atoms with E-state index in [4.69, 9.17) is 4.98 Å². The predicted molar refractivity (Wildman–Crippen MR) is 161 cm³/mol. The van der Waals surface area contributed by atoms with E-state index >= 15 is 0 Å². The van der Waals surface area contributed by atoms with Crippen LogP contribution in [0.25, 0.3) is 22.2 Å². The Bertz CT molecular complexity index is 1860. The number of ketones is 1. The molecule has 0 aliphatic heterocycles. The van der Waals surface area contributed by atoms with Gasteiger partial charge in [-0.2, -0.15) is 5.10 Å². The number of hydrogen-bond donors (Lipinski definition) is 4. The number of phenolic OH excluding ortho intramolecular Hbond substituents is 1. The van der Waals surface area contributed by atoms with Gasteiger partial charge in [-0.1, -0.05) is 44.2 Å². The first-order chi connectivity index (χ1) is 20.2. The second-order valence-electron chi connectivity index (χ2n) is 9.73. The van der Waals surface area contributed by atoms with Crippen molar-refractivity contribution < 1.29 is 22.7 Å². The van der Waals surface area contributed by atoms with Crippen LogP contribution in [0, 0.1) is 5.82 Å². The van der Waals surface area contributed by atoms with Crippen molar-refractivity contribution in [2.24, 2.45) is 0 Å². The van der Waals surface area contributed by atoms with Crippen LogP contribution in [0.5, 0.6) is 5.75 Å². The van der Waals surface area contributed by atoms with Crippen LogP contribution in [0.2, 0.25) is 0 Å². The maximum atomic E-state index is 14.4. The fourth-order valence-electron chi connectivity index (χ4n) is 4.69. The van der Waals surface area contributed by atoms with Crippen molar-refractivity contribution in [3.63, 3.8) is 0 Å². The summed E-state index contributed by atoms with van der Waals surface area (Å²) in [5.41, 5.74) is 3.96. The Morgan fingerprint density at radius 2 is 1.76 bits per heavy atom. The molecule has 3 aromatic carbocycles. The number of phenols is 1. The van der Waals surface area contributed by atoms with Crippen molar-refractivity contribution in [2.75, 3.05) is 16.6 Å². The van der Waals surface area contributed by atoms with Crippen LogP contribution in [0.4, 0.5) is 15.9 Å². The minimum atomic E-state index is -3.69.